The summed E-state index contributed by atoms with van der Waals surface area (Å²) in [6.07, 6.45) is -3.94. The van der Waals surface area contributed by atoms with E-state index in [4.69, 9.17) is 10.6 Å². The van der Waals surface area contributed by atoms with Crippen molar-refractivity contribution in [1.29, 1.82) is 0 Å². The highest BCUT2D eigenvalue weighted by Gasteiger charge is 2.32. The number of anilines is 1. The fourth-order valence-corrected chi connectivity index (χ4v) is 1.76. The molecule has 1 rings (SSSR count). The molecule has 4 N–H and O–H groups in total. The predicted molar refractivity (Wildman–Crippen MR) is 72.7 cm³/mol. The second-order valence-electron chi connectivity index (χ2n) is 4.44. The van der Waals surface area contributed by atoms with Crippen LogP contribution in [0.3, 0.4) is 0 Å². The molecule has 0 radical (unpaired) electrons. The second kappa shape index (κ2) is 7.28. The standard InChI is InChI=1S/C13H18F3N3O2/c1-3-9(7-21-2)18-12(20)10-6-8(13(14,15)16)4-5-11(10)19-17/h4-6,9,19H,3,7,17H2,1-2H3,(H,18,20). The molecule has 0 fully saturated rings. The molecule has 0 aliphatic carbocycles. The van der Waals surface area contributed by atoms with Gasteiger partial charge in [-0.25, -0.2) is 0 Å². The van der Waals surface area contributed by atoms with Crippen LogP contribution in [0.2, 0.25) is 0 Å². The van der Waals surface area contributed by atoms with Crippen LogP contribution >= 0.6 is 0 Å². The van der Waals surface area contributed by atoms with Crippen LogP contribution in [0.4, 0.5) is 18.9 Å². The normalized spacial score (nSPS) is 12.9. The predicted octanol–water partition coefficient (Wildman–Crippen LogP) is 2.15. The molecule has 0 aliphatic heterocycles. The third-order valence-corrected chi connectivity index (χ3v) is 2.94. The number of carbonyl (C=O) groups is 1. The van der Waals surface area contributed by atoms with Crippen LogP contribution in [0.15, 0.2) is 18.2 Å². The highest BCUT2D eigenvalue weighted by atomic mass is 19.4. The zero-order valence-corrected chi connectivity index (χ0v) is 11.8. The lowest BCUT2D eigenvalue weighted by Crippen LogP contribution is -2.38. The number of hydrazine groups is 1. The Kier molecular flexibility index (Phi) is 5.98. The van der Waals surface area contributed by atoms with Gasteiger partial charge in [0.2, 0.25) is 0 Å². The minimum absolute atomic E-state index is 0.118. The Morgan fingerprint density at radius 3 is 2.57 bits per heavy atom. The van der Waals surface area contributed by atoms with Crippen molar-refractivity contribution in [3.63, 3.8) is 0 Å². The first-order valence-corrected chi connectivity index (χ1v) is 6.31. The van der Waals surface area contributed by atoms with E-state index in [9.17, 15) is 18.0 Å². The fraction of sp³-hybridized carbons (Fsp3) is 0.462. The number of amides is 1. The van der Waals surface area contributed by atoms with Crippen LogP contribution in [-0.4, -0.2) is 25.7 Å². The Balaban J connectivity index is 3.06. The maximum Gasteiger partial charge on any atom is 0.416 e. The van der Waals surface area contributed by atoms with Crippen LogP contribution < -0.4 is 16.6 Å². The summed E-state index contributed by atoms with van der Waals surface area (Å²) in [4.78, 5) is 12.1. The molecule has 1 aromatic carbocycles. The van der Waals surface area contributed by atoms with E-state index in [2.05, 4.69) is 10.7 Å². The van der Waals surface area contributed by atoms with E-state index >= 15 is 0 Å². The molecule has 8 heteroatoms. The van der Waals surface area contributed by atoms with Gasteiger partial charge in [-0.15, -0.1) is 0 Å². The first-order valence-electron chi connectivity index (χ1n) is 6.31. The van der Waals surface area contributed by atoms with Gasteiger partial charge in [-0.1, -0.05) is 6.92 Å². The van der Waals surface area contributed by atoms with Crippen molar-refractivity contribution in [2.75, 3.05) is 19.1 Å². The van der Waals surface area contributed by atoms with Crippen LogP contribution in [0.25, 0.3) is 0 Å². The molecule has 1 atom stereocenters. The number of nitrogen functional groups attached to an aromatic ring is 1. The van der Waals surface area contributed by atoms with Gasteiger partial charge >= 0.3 is 6.18 Å². The summed E-state index contributed by atoms with van der Waals surface area (Å²) in [5.41, 5.74) is 1.26. The van der Waals surface area contributed by atoms with Gasteiger partial charge in [0.25, 0.3) is 5.91 Å². The van der Waals surface area contributed by atoms with Crippen LogP contribution in [0.5, 0.6) is 0 Å². The molecular weight excluding hydrogens is 287 g/mol. The zero-order chi connectivity index (χ0) is 16.0. The van der Waals surface area contributed by atoms with Gasteiger partial charge in [-0.05, 0) is 24.6 Å². The molecule has 0 saturated carbocycles. The molecule has 118 valence electrons. The lowest BCUT2D eigenvalue weighted by atomic mass is 10.1. The SMILES string of the molecule is CCC(COC)NC(=O)c1cc(C(F)(F)F)ccc1NN. The van der Waals surface area contributed by atoms with Gasteiger partial charge in [0.15, 0.2) is 0 Å². The lowest BCUT2D eigenvalue weighted by molar-refractivity contribution is -0.137. The highest BCUT2D eigenvalue weighted by molar-refractivity contribution is 6.00. The Labute approximate surface area is 120 Å². The van der Waals surface area contributed by atoms with Crippen molar-refractivity contribution < 1.29 is 22.7 Å². The molecule has 0 saturated heterocycles. The summed E-state index contributed by atoms with van der Waals surface area (Å²) < 4.78 is 43.1. The number of carbonyl (C=O) groups excluding carboxylic acids is 1. The van der Waals surface area contributed by atoms with Gasteiger partial charge in [-0.3, -0.25) is 10.6 Å². The smallest absolute Gasteiger partial charge is 0.383 e. The van der Waals surface area contributed by atoms with E-state index in [0.717, 1.165) is 18.2 Å². The van der Waals surface area contributed by atoms with Gasteiger partial charge < -0.3 is 15.5 Å². The minimum Gasteiger partial charge on any atom is -0.383 e. The number of nitrogens with one attached hydrogen (secondary N) is 2. The largest absolute Gasteiger partial charge is 0.416 e. The van der Waals surface area contributed by atoms with E-state index in [0.29, 0.717) is 6.42 Å². The summed E-state index contributed by atoms with van der Waals surface area (Å²) in [5, 5.41) is 2.61. The van der Waals surface area contributed by atoms with Gasteiger partial charge in [0.1, 0.15) is 0 Å². The van der Waals surface area contributed by atoms with Gasteiger partial charge in [0, 0.05) is 7.11 Å². The average molecular weight is 305 g/mol. The zero-order valence-electron chi connectivity index (χ0n) is 11.8. The number of nitrogens with two attached hydrogens (primary N) is 1. The number of alkyl halides is 3. The van der Waals surface area contributed by atoms with Crippen LogP contribution in [-0.2, 0) is 10.9 Å². The second-order valence-corrected chi connectivity index (χ2v) is 4.44. The molecule has 0 spiro atoms. The van der Waals surface area contributed by atoms with E-state index in [1.54, 1.807) is 0 Å². The van der Waals surface area contributed by atoms with Crippen molar-refractivity contribution in [2.45, 2.75) is 25.6 Å². The number of methoxy groups -OCH3 is 1. The first-order chi connectivity index (χ1) is 9.83. The molecule has 5 nitrogen and oxygen atoms in total. The summed E-state index contributed by atoms with van der Waals surface area (Å²) >= 11 is 0. The molecule has 0 heterocycles. The van der Waals surface area contributed by atoms with Crippen molar-refractivity contribution in [1.82, 2.24) is 5.32 Å². The number of benzene rings is 1. The van der Waals surface area contributed by atoms with Crippen molar-refractivity contribution in [2.24, 2.45) is 5.84 Å². The summed E-state index contributed by atoms with van der Waals surface area (Å²) in [7, 11) is 1.48. The Morgan fingerprint density at radius 2 is 2.10 bits per heavy atom. The van der Waals surface area contributed by atoms with Crippen LogP contribution in [0, 0.1) is 0 Å². The Bertz CT molecular complexity index is 492. The maximum atomic E-state index is 12.7. The average Bonchev–Trinajstić information content (AvgIpc) is 2.44. The highest BCUT2D eigenvalue weighted by Crippen LogP contribution is 2.31. The third-order valence-electron chi connectivity index (χ3n) is 2.94. The van der Waals surface area contributed by atoms with Crippen LogP contribution in [0.1, 0.15) is 29.3 Å². The summed E-state index contributed by atoms with van der Waals surface area (Å²) in [5.74, 6) is 4.59. The topological polar surface area (TPSA) is 76.4 Å². The molecule has 0 bridgehead atoms. The monoisotopic (exact) mass is 305 g/mol. The molecule has 1 aromatic rings. The molecule has 1 amide bonds. The number of hydrogen-bond donors (Lipinski definition) is 3. The number of ether oxygens (including phenoxy) is 1. The maximum absolute atomic E-state index is 12.7. The van der Waals surface area contributed by atoms with Gasteiger partial charge in [-0.2, -0.15) is 13.2 Å². The van der Waals surface area contributed by atoms with E-state index in [-0.39, 0.29) is 23.9 Å². The van der Waals surface area contributed by atoms with Gasteiger partial charge in [0.05, 0.1) is 29.5 Å². The number of hydrogen-bond acceptors (Lipinski definition) is 4. The minimum atomic E-state index is -4.53. The van der Waals surface area contributed by atoms with E-state index in [1.807, 2.05) is 6.92 Å². The van der Waals surface area contributed by atoms with E-state index < -0.39 is 17.6 Å². The van der Waals surface area contributed by atoms with Crippen molar-refractivity contribution >= 4 is 11.6 Å². The number of rotatable bonds is 6. The Hall–Kier alpha value is -1.80. The lowest BCUT2D eigenvalue weighted by Gasteiger charge is -2.18. The molecule has 0 aliphatic rings. The van der Waals surface area contributed by atoms with Crippen molar-refractivity contribution in [3.05, 3.63) is 29.3 Å². The quantitative estimate of drug-likeness (QED) is 0.556. The molecule has 21 heavy (non-hydrogen) atoms. The van der Waals surface area contributed by atoms with E-state index in [1.165, 1.54) is 7.11 Å². The summed E-state index contributed by atoms with van der Waals surface area (Å²) in [6.45, 7) is 2.10. The third kappa shape index (κ3) is 4.61. The molecule has 1 unspecified atom stereocenters. The number of halogens is 3. The first kappa shape index (κ1) is 17.3. The summed E-state index contributed by atoms with van der Waals surface area (Å²) in [6, 6.07) is 2.46. The van der Waals surface area contributed by atoms with Crippen molar-refractivity contribution in [3.8, 4) is 0 Å². The molecular formula is C13H18F3N3O2. The molecule has 0 aromatic heterocycles. The Morgan fingerprint density at radius 1 is 1.43 bits per heavy atom. The fourth-order valence-electron chi connectivity index (χ4n) is 1.76.